The smallest absolute Gasteiger partial charge is 0.262 e. The quantitative estimate of drug-likeness (QED) is 0.566. The van der Waals surface area contributed by atoms with Crippen molar-refractivity contribution >= 4 is 22.7 Å². The van der Waals surface area contributed by atoms with E-state index in [1.807, 2.05) is 18.2 Å². The number of hydrogen-bond donors (Lipinski definition) is 4. The van der Waals surface area contributed by atoms with Crippen LogP contribution in [0, 0.1) is 0 Å². The molecule has 3 rings (SSSR count). The van der Waals surface area contributed by atoms with Crippen LogP contribution in [0.3, 0.4) is 0 Å². The van der Waals surface area contributed by atoms with Gasteiger partial charge >= 0.3 is 0 Å². The Balaban J connectivity index is 1.91. The lowest BCUT2D eigenvalue weighted by Gasteiger charge is -2.12. The molecule has 0 amide bonds. The van der Waals surface area contributed by atoms with E-state index in [-0.39, 0.29) is 11.5 Å². The van der Waals surface area contributed by atoms with Crippen molar-refractivity contribution in [1.29, 1.82) is 0 Å². The summed E-state index contributed by atoms with van der Waals surface area (Å²) in [6, 6.07) is 5.45. The van der Waals surface area contributed by atoms with Crippen LogP contribution in [0.4, 0.5) is 11.6 Å². The minimum Gasteiger partial charge on any atom is -0.497 e. The van der Waals surface area contributed by atoms with Crippen molar-refractivity contribution in [3.05, 3.63) is 40.3 Å². The molecule has 1 aromatic carbocycles. The summed E-state index contributed by atoms with van der Waals surface area (Å²) in [6.45, 7) is 0.415. The molecule has 0 aliphatic heterocycles. The highest BCUT2D eigenvalue weighted by Crippen LogP contribution is 2.29. The summed E-state index contributed by atoms with van der Waals surface area (Å²) in [7, 11) is 3.19. The van der Waals surface area contributed by atoms with E-state index in [1.165, 1.54) is 0 Å². The van der Waals surface area contributed by atoms with Gasteiger partial charge in [-0.25, -0.2) is 0 Å². The standard InChI is InChI=1S/C15H17N5O3/c1-22-9-3-4-11(23-2)10(5-9)17-6-8-7-18-13-12(8)14(21)20-15(16)19-13/h3-5,7,17H,6H2,1-2H3,(H4,16,18,19,20,21). The van der Waals surface area contributed by atoms with Crippen LogP contribution in [-0.2, 0) is 6.54 Å². The normalized spacial score (nSPS) is 10.7. The molecular weight excluding hydrogens is 298 g/mol. The van der Waals surface area contributed by atoms with E-state index in [2.05, 4.69) is 20.3 Å². The zero-order valence-electron chi connectivity index (χ0n) is 12.8. The maximum absolute atomic E-state index is 12.0. The number of methoxy groups -OCH3 is 2. The van der Waals surface area contributed by atoms with E-state index in [4.69, 9.17) is 15.2 Å². The number of fused-ring (bicyclic) bond motifs is 1. The lowest BCUT2D eigenvalue weighted by Crippen LogP contribution is -2.12. The van der Waals surface area contributed by atoms with Crippen molar-refractivity contribution in [2.75, 3.05) is 25.3 Å². The Hall–Kier alpha value is -3.16. The number of H-pyrrole nitrogens is 2. The van der Waals surface area contributed by atoms with Gasteiger partial charge in [0.05, 0.1) is 25.3 Å². The number of aromatic amines is 2. The zero-order valence-corrected chi connectivity index (χ0v) is 12.8. The molecule has 0 spiro atoms. The average molecular weight is 315 g/mol. The lowest BCUT2D eigenvalue weighted by molar-refractivity contribution is 0.404. The first kappa shape index (κ1) is 14.8. The van der Waals surface area contributed by atoms with Crippen LogP contribution in [0.5, 0.6) is 11.5 Å². The van der Waals surface area contributed by atoms with Crippen molar-refractivity contribution in [3.8, 4) is 11.5 Å². The number of nitrogens with two attached hydrogens (primary N) is 1. The fourth-order valence-electron chi connectivity index (χ4n) is 2.40. The molecule has 0 aliphatic rings. The Morgan fingerprint density at radius 3 is 2.87 bits per heavy atom. The Labute approximate surface area is 131 Å². The Kier molecular flexibility index (Phi) is 3.80. The summed E-state index contributed by atoms with van der Waals surface area (Å²) in [4.78, 5) is 21.6. The van der Waals surface area contributed by atoms with Gasteiger partial charge < -0.3 is 25.5 Å². The van der Waals surface area contributed by atoms with E-state index >= 15 is 0 Å². The number of rotatable bonds is 5. The van der Waals surface area contributed by atoms with Gasteiger partial charge in [-0.3, -0.25) is 9.78 Å². The van der Waals surface area contributed by atoms with Gasteiger partial charge in [-0.15, -0.1) is 0 Å². The first-order valence-corrected chi connectivity index (χ1v) is 6.94. The molecule has 23 heavy (non-hydrogen) atoms. The van der Waals surface area contributed by atoms with Crippen molar-refractivity contribution < 1.29 is 9.47 Å². The minimum absolute atomic E-state index is 0.0818. The Bertz CT molecular complexity index is 900. The monoisotopic (exact) mass is 315 g/mol. The van der Waals surface area contributed by atoms with Gasteiger partial charge in [0.2, 0.25) is 5.95 Å². The number of benzene rings is 1. The number of hydrogen-bond acceptors (Lipinski definition) is 6. The third-order valence-corrected chi connectivity index (χ3v) is 3.52. The molecule has 0 radical (unpaired) electrons. The molecule has 0 aliphatic carbocycles. The maximum atomic E-state index is 12.0. The van der Waals surface area contributed by atoms with Gasteiger partial charge in [-0.05, 0) is 12.1 Å². The predicted octanol–water partition coefficient (Wildman–Crippen LogP) is 1.46. The third-order valence-electron chi connectivity index (χ3n) is 3.52. The fraction of sp³-hybridized carbons (Fsp3) is 0.200. The summed E-state index contributed by atoms with van der Waals surface area (Å²) in [5, 5.41) is 3.72. The van der Waals surface area contributed by atoms with Gasteiger partial charge in [0.1, 0.15) is 17.1 Å². The van der Waals surface area contributed by atoms with Crippen molar-refractivity contribution in [2.45, 2.75) is 6.54 Å². The van der Waals surface area contributed by atoms with Crippen LogP contribution >= 0.6 is 0 Å². The number of anilines is 2. The van der Waals surface area contributed by atoms with E-state index < -0.39 is 0 Å². The first-order valence-electron chi connectivity index (χ1n) is 6.94. The first-order chi connectivity index (χ1) is 11.1. The van der Waals surface area contributed by atoms with Gasteiger partial charge in [0.15, 0.2) is 0 Å². The summed E-state index contributed by atoms with van der Waals surface area (Å²) in [6.07, 6.45) is 1.73. The molecule has 8 nitrogen and oxygen atoms in total. The Morgan fingerprint density at radius 2 is 2.13 bits per heavy atom. The van der Waals surface area contributed by atoms with Crippen LogP contribution < -0.4 is 26.1 Å². The molecule has 0 fully saturated rings. The lowest BCUT2D eigenvalue weighted by atomic mass is 10.2. The van der Waals surface area contributed by atoms with E-state index in [1.54, 1.807) is 20.4 Å². The highest BCUT2D eigenvalue weighted by Gasteiger charge is 2.11. The topological polar surface area (TPSA) is 118 Å². The van der Waals surface area contributed by atoms with E-state index in [9.17, 15) is 4.79 Å². The predicted molar refractivity (Wildman–Crippen MR) is 88.0 cm³/mol. The molecule has 0 bridgehead atoms. The molecule has 3 aromatic rings. The second-order valence-corrected chi connectivity index (χ2v) is 4.91. The van der Waals surface area contributed by atoms with Crippen molar-refractivity contribution in [3.63, 3.8) is 0 Å². The molecule has 8 heteroatoms. The third kappa shape index (κ3) is 2.78. The number of aromatic nitrogens is 3. The molecular formula is C15H17N5O3. The van der Waals surface area contributed by atoms with E-state index in [0.29, 0.717) is 29.1 Å². The fourth-order valence-corrected chi connectivity index (χ4v) is 2.40. The molecule has 0 atom stereocenters. The minimum atomic E-state index is -0.275. The number of nitrogens with zero attached hydrogens (tertiary/aromatic N) is 1. The Morgan fingerprint density at radius 1 is 1.30 bits per heavy atom. The summed E-state index contributed by atoms with van der Waals surface area (Å²) in [5.74, 6) is 1.47. The molecule has 0 saturated carbocycles. The second kappa shape index (κ2) is 5.91. The molecule has 2 aromatic heterocycles. The van der Waals surface area contributed by atoms with Crippen molar-refractivity contribution in [2.24, 2.45) is 0 Å². The van der Waals surface area contributed by atoms with E-state index in [0.717, 1.165) is 11.3 Å². The largest absolute Gasteiger partial charge is 0.497 e. The highest BCUT2D eigenvalue weighted by atomic mass is 16.5. The summed E-state index contributed by atoms with van der Waals surface area (Å²) in [5.41, 5.74) is 7.26. The molecule has 0 unspecified atom stereocenters. The number of ether oxygens (including phenoxy) is 2. The summed E-state index contributed by atoms with van der Waals surface area (Å²) >= 11 is 0. The number of nitrogens with one attached hydrogen (secondary N) is 3. The zero-order chi connectivity index (χ0) is 16.4. The average Bonchev–Trinajstić information content (AvgIpc) is 2.95. The molecule has 5 N–H and O–H groups in total. The summed E-state index contributed by atoms with van der Waals surface area (Å²) < 4.78 is 10.5. The van der Waals surface area contributed by atoms with Gasteiger partial charge in [-0.2, -0.15) is 4.98 Å². The highest BCUT2D eigenvalue weighted by molar-refractivity contribution is 5.79. The van der Waals surface area contributed by atoms with Gasteiger partial charge in [0.25, 0.3) is 5.56 Å². The van der Waals surface area contributed by atoms with Crippen molar-refractivity contribution in [1.82, 2.24) is 15.0 Å². The maximum Gasteiger partial charge on any atom is 0.262 e. The van der Waals surface area contributed by atoms with Gasteiger partial charge in [-0.1, -0.05) is 0 Å². The number of nitrogen functional groups attached to an aromatic ring is 1. The molecule has 2 heterocycles. The van der Waals surface area contributed by atoms with Crippen LogP contribution in [0.15, 0.2) is 29.2 Å². The van der Waals surface area contributed by atoms with Crippen LogP contribution in [0.1, 0.15) is 5.56 Å². The SMILES string of the molecule is COc1ccc(OC)c(NCc2c[nH]c3nc(N)[nH]c(=O)c23)c1. The van der Waals surface area contributed by atoms with Crippen LogP contribution in [-0.4, -0.2) is 29.2 Å². The second-order valence-electron chi connectivity index (χ2n) is 4.91. The van der Waals surface area contributed by atoms with Crippen LogP contribution in [0.2, 0.25) is 0 Å². The van der Waals surface area contributed by atoms with Gasteiger partial charge in [0, 0.05) is 24.4 Å². The molecule has 120 valence electrons. The molecule has 0 saturated heterocycles. The van der Waals surface area contributed by atoms with Crippen LogP contribution in [0.25, 0.3) is 11.0 Å².